The van der Waals surface area contributed by atoms with E-state index in [1.165, 1.54) is 4.90 Å². The summed E-state index contributed by atoms with van der Waals surface area (Å²) in [6.07, 6.45) is 4.11. The van der Waals surface area contributed by atoms with Crippen molar-refractivity contribution >= 4 is 23.1 Å². The third-order valence-corrected chi connectivity index (χ3v) is 5.71. The molecule has 1 amide bonds. The second-order valence-electron chi connectivity index (χ2n) is 7.79. The van der Waals surface area contributed by atoms with Crippen LogP contribution in [0.3, 0.4) is 0 Å². The Bertz CT molecular complexity index is 1180. The maximum Gasteiger partial charge on any atom is 0.300 e. The maximum atomic E-state index is 13.2. The van der Waals surface area contributed by atoms with Crippen molar-refractivity contribution in [2.24, 2.45) is 0 Å². The largest absolute Gasteiger partial charge is 0.507 e. The standard InChI is InChI=1S/C26H24N2O3/c1-4-18-6-8-20(9-7-18)24(29)22-23(19-11-13-27-14-12-19)28(26(31)25(22)30)21-10-5-16(2)15-17(21)3/h5-15,23,29H,4H2,1-3H3/b24-22+. The molecule has 0 saturated carbocycles. The van der Waals surface area contributed by atoms with Gasteiger partial charge in [0.25, 0.3) is 11.7 Å². The lowest BCUT2D eigenvalue weighted by Gasteiger charge is -2.27. The molecular formula is C26H24N2O3. The zero-order chi connectivity index (χ0) is 22.1. The average Bonchev–Trinajstić information content (AvgIpc) is 3.04. The van der Waals surface area contributed by atoms with Gasteiger partial charge >= 0.3 is 0 Å². The molecule has 5 nitrogen and oxygen atoms in total. The van der Waals surface area contributed by atoms with Gasteiger partial charge in [0.15, 0.2) is 0 Å². The molecule has 0 spiro atoms. The van der Waals surface area contributed by atoms with Crippen LogP contribution in [0.1, 0.15) is 40.8 Å². The lowest BCUT2D eigenvalue weighted by molar-refractivity contribution is -0.132. The maximum absolute atomic E-state index is 13.2. The first-order valence-corrected chi connectivity index (χ1v) is 10.3. The number of rotatable bonds is 4. The molecular weight excluding hydrogens is 388 g/mol. The summed E-state index contributed by atoms with van der Waals surface area (Å²) in [5.41, 5.74) is 5.02. The highest BCUT2D eigenvalue weighted by Gasteiger charge is 2.47. The Balaban J connectivity index is 1.93. The summed E-state index contributed by atoms with van der Waals surface area (Å²) in [5, 5.41) is 11.1. The van der Waals surface area contributed by atoms with E-state index in [4.69, 9.17) is 0 Å². The molecule has 3 aromatic rings. The first kappa shape index (κ1) is 20.5. The summed E-state index contributed by atoms with van der Waals surface area (Å²) < 4.78 is 0. The Kier molecular flexibility index (Phi) is 5.42. The fraction of sp³-hybridized carbons (Fsp3) is 0.192. The fourth-order valence-corrected chi connectivity index (χ4v) is 4.07. The normalized spacial score (nSPS) is 17.9. The molecule has 0 radical (unpaired) electrons. The van der Waals surface area contributed by atoms with Crippen LogP contribution in [0.4, 0.5) is 5.69 Å². The summed E-state index contributed by atoms with van der Waals surface area (Å²) >= 11 is 0. The highest BCUT2D eigenvalue weighted by atomic mass is 16.3. The number of carbonyl (C=O) groups is 2. The molecule has 1 unspecified atom stereocenters. The number of anilines is 1. The van der Waals surface area contributed by atoms with Crippen molar-refractivity contribution in [3.8, 4) is 0 Å². The van der Waals surface area contributed by atoms with Crippen molar-refractivity contribution in [3.63, 3.8) is 0 Å². The number of hydrogen-bond acceptors (Lipinski definition) is 4. The number of carbonyl (C=O) groups excluding carboxylic acids is 2. The van der Waals surface area contributed by atoms with Crippen LogP contribution in [0, 0.1) is 13.8 Å². The van der Waals surface area contributed by atoms with E-state index in [2.05, 4.69) is 4.98 Å². The van der Waals surface area contributed by atoms with Gasteiger partial charge in [0.1, 0.15) is 5.76 Å². The van der Waals surface area contributed by atoms with E-state index in [1.54, 1.807) is 36.7 Å². The van der Waals surface area contributed by atoms with Crippen molar-refractivity contribution in [3.05, 3.63) is 100 Å². The van der Waals surface area contributed by atoms with Crippen molar-refractivity contribution in [2.75, 3.05) is 4.90 Å². The molecule has 5 heteroatoms. The van der Waals surface area contributed by atoms with Gasteiger partial charge in [-0.1, -0.05) is 48.9 Å². The number of aromatic nitrogens is 1. The van der Waals surface area contributed by atoms with Gasteiger partial charge in [-0.2, -0.15) is 0 Å². The molecule has 1 saturated heterocycles. The predicted molar refractivity (Wildman–Crippen MR) is 121 cm³/mol. The Labute approximate surface area is 181 Å². The fourth-order valence-electron chi connectivity index (χ4n) is 4.07. The van der Waals surface area contributed by atoms with Crippen LogP contribution < -0.4 is 4.90 Å². The number of aliphatic hydroxyl groups is 1. The van der Waals surface area contributed by atoms with E-state index in [9.17, 15) is 14.7 Å². The summed E-state index contributed by atoms with van der Waals surface area (Å²) in [4.78, 5) is 31.9. The molecule has 1 N–H and O–H groups in total. The van der Waals surface area contributed by atoms with E-state index in [-0.39, 0.29) is 11.3 Å². The highest BCUT2D eigenvalue weighted by Crippen LogP contribution is 2.43. The number of nitrogens with zero attached hydrogens (tertiary/aromatic N) is 2. The van der Waals surface area contributed by atoms with E-state index < -0.39 is 17.7 Å². The summed E-state index contributed by atoms with van der Waals surface area (Å²) in [6, 6.07) is 15.9. The molecule has 1 aliphatic heterocycles. The van der Waals surface area contributed by atoms with Crippen LogP contribution in [0.5, 0.6) is 0 Å². The zero-order valence-corrected chi connectivity index (χ0v) is 17.8. The lowest BCUT2D eigenvalue weighted by atomic mass is 9.95. The number of Topliss-reactive ketones (excluding diaryl/α,β-unsaturated/α-hetero) is 1. The molecule has 1 aromatic heterocycles. The Morgan fingerprint density at radius 1 is 1.00 bits per heavy atom. The van der Waals surface area contributed by atoms with Crippen molar-refractivity contribution in [1.82, 2.24) is 4.98 Å². The SMILES string of the molecule is CCc1ccc(/C(O)=C2\C(=O)C(=O)N(c3ccc(C)cc3C)C2c2ccncc2)cc1. The van der Waals surface area contributed by atoms with Gasteiger partial charge < -0.3 is 5.11 Å². The van der Waals surface area contributed by atoms with Gasteiger partial charge in [-0.3, -0.25) is 19.5 Å². The number of hydrogen-bond donors (Lipinski definition) is 1. The lowest BCUT2D eigenvalue weighted by Crippen LogP contribution is -2.30. The Morgan fingerprint density at radius 2 is 1.68 bits per heavy atom. The van der Waals surface area contributed by atoms with E-state index >= 15 is 0 Å². The number of aryl methyl sites for hydroxylation is 3. The summed E-state index contributed by atoms with van der Waals surface area (Å²) in [5.74, 6) is -1.52. The van der Waals surface area contributed by atoms with Crippen molar-refractivity contribution in [2.45, 2.75) is 33.2 Å². The van der Waals surface area contributed by atoms with Gasteiger partial charge in [-0.15, -0.1) is 0 Å². The van der Waals surface area contributed by atoms with Crippen LogP contribution >= 0.6 is 0 Å². The smallest absolute Gasteiger partial charge is 0.300 e. The third kappa shape index (κ3) is 3.63. The molecule has 0 aliphatic carbocycles. The van der Waals surface area contributed by atoms with Crippen LogP contribution in [0.2, 0.25) is 0 Å². The number of benzene rings is 2. The number of aliphatic hydroxyl groups excluding tert-OH is 1. The molecule has 2 aromatic carbocycles. The predicted octanol–water partition coefficient (Wildman–Crippen LogP) is 4.89. The Hall–Kier alpha value is -3.73. The molecule has 31 heavy (non-hydrogen) atoms. The van der Waals surface area contributed by atoms with Crippen molar-refractivity contribution in [1.29, 1.82) is 0 Å². The van der Waals surface area contributed by atoms with Crippen LogP contribution in [-0.4, -0.2) is 21.8 Å². The molecule has 0 bridgehead atoms. The first-order chi connectivity index (χ1) is 14.9. The van der Waals surface area contributed by atoms with E-state index in [1.807, 2.05) is 51.1 Å². The topological polar surface area (TPSA) is 70.5 Å². The van der Waals surface area contributed by atoms with Crippen LogP contribution in [-0.2, 0) is 16.0 Å². The first-order valence-electron chi connectivity index (χ1n) is 10.3. The average molecular weight is 412 g/mol. The minimum atomic E-state index is -0.741. The van der Waals surface area contributed by atoms with Crippen molar-refractivity contribution < 1.29 is 14.7 Å². The van der Waals surface area contributed by atoms with E-state index in [0.717, 1.165) is 23.1 Å². The molecule has 1 fully saturated rings. The quantitative estimate of drug-likeness (QED) is 0.376. The van der Waals surface area contributed by atoms with Gasteiger partial charge in [0, 0.05) is 23.6 Å². The minimum absolute atomic E-state index is 0.0837. The molecule has 1 atom stereocenters. The number of amides is 1. The van der Waals surface area contributed by atoms with Gasteiger partial charge in [0.2, 0.25) is 0 Å². The molecule has 156 valence electrons. The van der Waals surface area contributed by atoms with Gasteiger partial charge in [-0.25, -0.2) is 0 Å². The van der Waals surface area contributed by atoms with E-state index in [0.29, 0.717) is 16.8 Å². The summed E-state index contributed by atoms with van der Waals surface area (Å²) in [7, 11) is 0. The molecule has 4 rings (SSSR count). The monoisotopic (exact) mass is 412 g/mol. The third-order valence-electron chi connectivity index (χ3n) is 5.71. The number of ketones is 1. The van der Waals surface area contributed by atoms with Gasteiger partial charge in [0.05, 0.1) is 11.6 Å². The second kappa shape index (κ2) is 8.19. The van der Waals surface area contributed by atoms with Crippen LogP contribution in [0.15, 0.2) is 72.6 Å². The summed E-state index contributed by atoms with van der Waals surface area (Å²) in [6.45, 7) is 5.94. The second-order valence-corrected chi connectivity index (χ2v) is 7.79. The highest BCUT2D eigenvalue weighted by molar-refractivity contribution is 6.51. The zero-order valence-electron chi connectivity index (χ0n) is 17.8. The molecule has 2 heterocycles. The number of pyridine rings is 1. The molecule has 1 aliphatic rings. The Morgan fingerprint density at radius 3 is 2.29 bits per heavy atom. The van der Waals surface area contributed by atoms with Crippen LogP contribution in [0.25, 0.3) is 5.76 Å². The van der Waals surface area contributed by atoms with Gasteiger partial charge in [-0.05, 0) is 55.2 Å². The minimum Gasteiger partial charge on any atom is -0.507 e.